The van der Waals surface area contributed by atoms with Crippen molar-refractivity contribution in [3.63, 3.8) is 0 Å². The number of anilines is 2. The summed E-state index contributed by atoms with van der Waals surface area (Å²) in [6, 6.07) is 12.8. The second-order valence-corrected chi connectivity index (χ2v) is 8.88. The summed E-state index contributed by atoms with van der Waals surface area (Å²) >= 11 is 0. The summed E-state index contributed by atoms with van der Waals surface area (Å²) in [6.07, 6.45) is 2.24. The van der Waals surface area contributed by atoms with E-state index >= 15 is 0 Å². The zero-order chi connectivity index (χ0) is 24.1. The van der Waals surface area contributed by atoms with E-state index < -0.39 is 0 Å². The predicted octanol–water partition coefficient (Wildman–Crippen LogP) is 2.97. The Morgan fingerprint density at radius 1 is 1.12 bits per heavy atom. The SMILES string of the molecule is Cc1cccc(C)c1NC(=O)COc1ccc(N2C[C@@H](C(=O)NC[C@H]3CCCO3)CC2=O)cc1. The number of carbonyl (C=O) groups is 3. The highest BCUT2D eigenvalue weighted by molar-refractivity contribution is 6.00. The number of aryl methyl sites for hydroxylation is 2. The van der Waals surface area contributed by atoms with Crippen LogP contribution in [0.4, 0.5) is 11.4 Å². The summed E-state index contributed by atoms with van der Waals surface area (Å²) in [7, 11) is 0. The lowest BCUT2D eigenvalue weighted by Crippen LogP contribution is -2.37. The van der Waals surface area contributed by atoms with Crippen LogP contribution in [0.5, 0.6) is 5.75 Å². The first-order valence-electron chi connectivity index (χ1n) is 11.7. The number of hydrogen-bond acceptors (Lipinski definition) is 5. The first-order chi connectivity index (χ1) is 16.4. The van der Waals surface area contributed by atoms with Gasteiger partial charge in [0, 0.05) is 37.5 Å². The molecule has 0 radical (unpaired) electrons. The summed E-state index contributed by atoms with van der Waals surface area (Å²) in [5.41, 5.74) is 3.48. The lowest BCUT2D eigenvalue weighted by Gasteiger charge is -2.18. The fraction of sp³-hybridized carbons (Fsp3) is 0.423. The van der Waals surface area contributed by atoms with Gasteiger partial charge < -0.3 is 25.0 Å². The molecule has 2 aliphatic rings. The van der Waals surface area contributed by atoms with Crippen LogP contribution >= 0.6 is 0 Å². The highest BCUT2D eigenvalue weighted by Crippen LogP contribution is 2.27. The fourth-order valence-electron chi connectivity index (χ4n) is 4.36. The Labute approximate surface area is 199 Å². The molecule has 8 nitrogen and oxygen atoms in total. The third-order valence-corrected chi connectivity index (χ3v) is 6.29. The van der Waals surface area contributed by atoms with Gasteiger partial charge in [0.2, 0.25) is 11.8 Å². The molecule has 0 unspecified atom stereocenters. The van der Waals surface area contributed by atoms with Gasteiger partial charge in [0.1, 0.15) is 5.75 Å². The molecule has 2 aromatic rings. The Morgan fingerprint density at radius 2 is 1.85 bits per heavy atom. The summed E-state index contributed by atoms with van der Waals surface area (Å²) < 4.78 is 11.1. The number of nitrogens with one attached hydrogen (secondary N) is 2. The van der Waals surface area contributed by atoms with Gasteiger partial charge >= 0.3 is 0 Å². The molecule has 2 aliphatic heterocycles. The maximum absolute atomic E-state index is 12.5. The summed E-state index contributed by atoms with van der Waals surface area (Å²) in [6.45, 7) is 5.34. The summed E-state index contributed by atoms with van der Waals surface area (Å²) in [4.78, 5) is 38.9. The third kappa shape index (κ3) is 5.75. The molecule has 0 bridgehead atoms. The van der Waals surface area contributed by atoms with Crippen LogP contribution in [0.2, 0.25) is 0 Å². The number of rotatable bonds is 8. The number of carbonyl (C=O) groups excluding carboxylic acids is 3. The van der Waals surface area contributed by atoms with Crippen molar-refractivity contribution in [2.24, 2.45) is 5.92 Å². The predicted molar refractivity (Wildman–Crippen MR) is 129 cm³/mol. The van der Waals surface area contributed by atoms with E-state index in [1.54, 1.807) is 29.2 Å². The standard InChI is InChI=1S/C26H31N3O5/c1-17-5-3-6-18(2)25(17)28-23(30)16-34-21-10-8-20(9-11-21)29-15-19(13-24(29)31)26(32)27-14-22-7-4-12-33-22/h3,5-6,8-11,19,22H,4,7,12-16H2,1-2H3,(H,27,32)(H,28,30)/t19-,22+/m0/s1. The Balaban J connectivity index is 1.27. The van der Waals surface area contributed by atoms with Crippen molar-refractivity contribution < 1.29 is 23.9 Å². The van der Waals surface area contributed by atoms with E-state index in [9.17, 15) is 14.4 Å². The lowest BCUT2D eigenvalue weighted by atomic mass is 10.1. The van der Waals surface area contributed by atoms with Gasteiger partial charge in [0.15, 0.2) is 6.61 Å². The van der Waals surface area contributed by atoms with Gasteiger partial charge in [-0.15, -0.1) is 0 Å². The molecule has 0 saturated carbocycles. The van der Waals surface area contributed by atoms with Crippen LogP contribution in [0.3, 0.4) is 0 Å². The number of para-hydroxylation sites is 1. The number of ether oxygens (including phenoxy) is 2. The summed E-state index contributed by atoms with van der Waals surface area (Å²) in [5, 5.41) is 5.81. The van der Waals surface area contributed by atoms with Crippen molar-refractivity contribution in [1.82, 2.24) is 5.32 Å². The number of nitrogens with zero attached hydrogens (tertiary/aromatic N) is 1. The molecule has 4 rings (SSSR count). The molecule has 2 atom stereocenters. The molecule has 8 heteroatoms. The molecule has 180 valence electrons. The normalized spacial score (nSPS) is 19.8. The Morgan fingerprint density at radius 3 is 2.53 bits per heavy atom. The molecular formula is C26H31N3O5. The van der Waals surface area contributed by atoms with Crippen LogP contribution in [0.15, 0.2) is 42.5 Å². The lowest BCUT2D eigenvalue weighted by molar-refractivity contribution is -0.126. The third-order valence-electron chi connectivity index (χ3n) is 6.29. The molecule has 34 heavy (non-hydrogen) atoms. The zero-order valence-corrected chi connectivity index (χ0v) is 19.6. The summed E-state index contributed by atoms with van der Waals surface area (Å²) in [5.74, 6) is -0.287. The first-order valence-corrected chi connectivity index (χ1v) is 11.7. The zero-order valence-electron chi connectivity index (χ0n) is 19.6. The molecule has 0 aromatic heterocycles. The number of benzene rings is 2. The highest BCUT2D eigenvalue weighted by Gasteiger charge is 2.35. The molecule has 3 amide bonds. The van der Waals surface area contributed by atoms with Gasteiger partial charge in [0.25, 0.3) is 5.91 Å². The van der Waals surface area contributed by atoms with Gasteiger partial charge in [-0.3, -0.25) is 14.4 Å². The molecule has 2 aromatic carbocycles. The van der Waals surface area contributed by atoms with Gasteiger partial charge in [-0.25, -0.2) is 0 Å². The van der Waals surface area contributed by atoms with Crippen molar-refractivity contribution in [3.05, 3.63) is 53.6 Å². The average Bonchev–Trinajstić information content (AvgIpc) is 3.49. The van der Waals surface area contributed by atoms with E-state index in [4.69, 9.17) is 9.47 Å². The van der Waals surface area contributed by atoms with E-state index in [0.717, 1.165) is 36.3 Å². The van der Waals surface area contributed by atoms with E-state index in [-0.39, 0.29) is 42.8 Å². The minimum Gasteiger partial charge on any atom is -0.484 e. The topological polar surface area (TPSA) is 97.0 Å². The first kappa shape index (κ1) is 23.8. The monoisotopic (exact) mass is 465 g/mol. The van der Waals surface area contributed by atoms with Crippen LogP contribution in [0, 0.1) is 19.8 Å². The van der Waals surface area contributed by atoms with Gasteiger partial charge in [-0.2, -0.15) is 0 Å². The van der Waals surface area contributed by atoms with Gasteiger partial charge in [-0.1, -0.05) is 18.2 Å². The Hall–Kier alpha value is -3.39. The smallest absolute Gasteiger partial charge is 0.262 e. The largest absolute Gasteiger partial charge is 0.484 e. The Bertz CT molecular complexity index is 1030. The molecule has 0 spiro atoms. The molecule has 2 saturated heterocycles. The fourth-order valence-corrected chi connectivity index (χ4v) is 4.36. The maximum Gasteiger partial charge on any atom is 0.262 e. The van der Waals surface area contributed by atoms with Crippen molar-refractivity contribution in [2.45, 2.75) is 39.2 Å². The van der Waals surface area contributed by atoms with E-state index in [1.165, 1.54) is 0 Å². The van der Waals surface area contributed by atoms with Crippen LogP contribution in [-0.2, 0) is 19.1 Å². The van der Waals surface area contributed by atoms with E-state index in [2.05, 4.69) is 10.6 Å². The second-order valence-electron chi connectivity index (χ2n) is 8.88. The number of amides is 3. The van der Waals surface area contributed by atoms with E-state index in [1.807, 2.05) is 32.0 Å². The Kier molecular flexibility index (Phi) is 7.47. The highest BCUT2D eigenvalue weighted by atomic mass is 16.5. The van der Waals surface area contributed by atoms with Gasteiger partial charge in [-0.05, 0) is 62.1 Å². The van der Waals surface area contributed by atoms with Crippen molar-refractivity contribution in [3.8, 4) is 5.75 Å². The van der Waals surface area contributed by atoms with Crippen molar-refractivity contribution in [2.75, 3.05) is 36.5 Å². The van der Waals surface area contributed by atoms with Crippen LogP contribution in [-0.4, -0.2) is 50.1 Å². The maximum atomic E-state index is 12.5. The molecule has 0 aliphatic carbocycles. The number of hydrogen-bond donors (Lipinski definition) is 2. The van der Waals surface area contributed by atoms with Crippen LogP contribution in [0.25, 0.3) is 0 Å². The van der Waals surface area contributed by atoms with Crippen molar-refractivity contribution >= 4 is 29.1 Å². The van der Waals surface area contributed by atoms with Gasteiger partial charge in [0.05, 0.1) is 12.0 Å². The molecule has 2 N–H and O–H groups in total. The van der Waals surface area contributed by atoms with Crippen LogP contribution in [0.1, 0.15) is 30.4 Å². The van der Waals surface area contributed by atoms with Crippen molar-refractivity contribution in [1.29, 1.82) is 0 Å². The molecule has 2 heterocycles. The van der Waals surface area contributed by atoms with E-state index in [0.29, 0.717) is 24.5 Å². The molecular weight excluding hydrogens is 434 g/mol. The minimum atomic E-state index is -0.376. The second kappa shape index (κ2) is 10.7. The average molecular weight is 466 g/mol. The van der Waals surface area contributed by atoms with Crippen LogP contribution < -0.4 is 20.3 Å². The minimum absolute atomic E-state index is 0.0764. The molecule has 2 fully saturated rings. The quantitative estimate of drug-likeness (QED) is 0.625.